The third-order valence-corrected chi connectivity index (χ3v) is 2.93. The molecular weight excluding hydrogens is 204 g/mol. The molecule has 1 unspecified atom stereocenters. The Hall–Kier alpha value is -1.55. The van der Waals surface area contributed by atoms with E-state index in [1.165, 1.54) is 12.8 Å². The van der Waals surface area contributed by atoms with Crippen LogP contribution in [-0.2, 0) is 0 Å². The van der Waals surface area contributed by atoms with E-state index in [0.29, 0.717) is 18.5 Å². The van der Waals surface area contributed by atoms with Crippen LogP contribution >= 0.6 is 0 Å². The van der Waals surface area contributed by atoms with Crippen molar-refractivity contribution in [3.63, 3.8) is 0 Å². The molecule has 4 heteroatoms. The summed E-state index contributed by atoms with van der Waals surface area (Å²) in [4.78, 5) is 4.23. The van der Waals surface area contributed by atoms with Crippen molar-refractivity contribution >= 4 is 11.0 Å². The van der Waals surface area contributed by atoms with Gasteiger partial charge in [-0.25, -0.2) is 4.98 Å². The lowest BCUT2D eigenvalue weighted by molar-refractivity contribution is 0.271. The first-order valence-electron chi connectivity index (χ1n) is 5.62. The van der Waals surface area contributed by atoms with Crippen molar-refractivity contribution in [3.8, 4) is 5.88 Å². The molecule has 0 radical (unpaired) electrons. The number of aromatic nitrogens is 1. The van der Waals surface area contributed by atoms with E-state index < -0.39 is 0 Å². The van der Waals surface area contributed by atoms with Gasteiger partial charge in [-0.15, -0.1) is 0 Å². The maximum Gasteiger partial charge on any atom is 0.224 e. The van der Waals surface area contributed by atoms with E-state index in [1.54, 1.807) is 12.5 Å². The molecule has 0 aliphatic carbocycles. The summed E-state index contributed by atoms with van der Waals surface area (Å²) in [5.41, 5.74) is 0.824. The number of rotatable bonds is 3. The predicted octanol–water partition coefficient (Wildman–Crippen LogP) is 1.96. The summed E-state index contributed by atoms with van der Waals surface area (Å²) in [6, 6.07) is 4.19. The summed E-state index contributed by atoms with van der Waals surface area (Å²) in [7, 11) is 0. The quantitative estimate of drug-likeness (QED) is 0.855. The minimum absolute atomic E-state index is 0.462. The smallest absolute Gasteiger partial charge is 0.224 e. The average molecular weight is 218 g/mol. The van der Waals surface area contributed by atoms with Gasteiger partial charge >= 0.3 is 0 Å². The van der Waals surface area contributed by atoms with Crippen molar-refractivity contribution in [2.45, 2.75) is 18.9 Å². The van der Waals surface area contributed by atoms with Gasteiger partial charge in [0.15, 0.2) is 0 Å². The second kappa shape index (κ2) is 4.14. The fraction of sp³-hybridized carbons (Fsp3) is 0.417. The lowest BCUT2D eigenvalue weighted by Crippen LogP contribution is -2.28. The van der Waals surface area contributed by atoms with E-state index in [2.05, 4.69) is 10.3 Å². The van der Waals surface area contributed by atoms with E-state index in [-0.39, 0.29) is 0 Å². The molecule has 4 nitrogen and oxygen atoms in total. The van der Waals surface area contributed by atoms with Crippen LogP contribution in [0.2, 0.25) is 0 Å². The van der Waals surface area contributed by atoms with Crippen molar-refractivity contribution in [2.75, 3.05) is 13.2 Å². The summed E-state index contributed by atoms with van der Waals surface area (Å²) in [5.74, 6) is 0.667. The summed E-state index contributed by atoms with van der Waals surface area (Å²) >= 11 is 0. The van der Waals surface area contributed by atoms with Gasteiger partial charge in [0.05, 0.1) is 11.6 Å². The molecule has 0 amide bonds. The lowest BCUT2D eigenvalue weighted by atomic mass is 10.2. The number of furan rings is 1. The number of nitrogens with zero attached hydrogens (tertiary/aromatic N) is 1. The summed E-state index contributed by atoms with van der Waals surface area (Å²) in [6.45, 7) is 1.77. The van der Waals surface area contributed by atoms with E-state index >= 15 is 0 Å². The molecule has 84 valence electrons. The molecule has 1 saturated heterocycles. The topological polar surface area (TPSA) is 47.3 Å². The molecule has 16 heavy (non-hydrogen) atoms. The van der Waals surface area contributed by atoms with Crippen molar-refractivity contribution in [2.24, 2.45) is 0 Å². The molecule has 2 aromatic rings. The Morgan fingerprint density at radius 3 is 3.38 bits per heavy atom. The molecular formula is C12H14N2O2. The Kier molecular flexibility index (Phi) is 2.50. The van der Waals surface area contributed by atoms with Gasteiger partial charge in [0.1, 0.15) is 12.2 Å². The van der Waals surface area contributed by atoms with Gasteiger partial charge in [-0.1, -0.05) is 0 Å². The van der Waals surface area contributed by atoms with Gasteiger partial charge in [-0.2, -0.15) is 0 Å². The highest BCUT2D eigenvalue weighted by molar-refractivity contribution is 5.81. The largest absolute Gasteiger partial charge is 0.475 e. The molecule has 3 rings (SSSR count). The molecule has 3 heterocycles. The van der Waals surface area contributed by atoms with Crippen LogP contribution in [0.25, 0.3) is 11.0 Å². The second-order valence-electron chi connectivity index (χ2n) is 4.05. The first kappa shape index (κ1) is 9.66. The van der Waals surface area contributed by atoms with E-state index in [1.807, 2.05) is 12.1 Å². The predicted molar refractivity (Wildman–Crippen MR) is 60.5 cm³/mol. The Morgan fingerprint density at radius 2 is 2.50 bits per heavy atom. The van der Waals surface area contributed by atoms with Crippen LogP contribution in [-0.4, -0.2) is 24.2 Å². The summed E-state index contributed by atoms with van der Waals surface area (Å²) in [5, 5.41) is 4.34. The maximum atomic E-state index is 5.73. The summed E-state index contributed by atoms with van der Waals surface area (Å²) in [6.07, 6.45) is 5.79. The van der Waals surface area contributed by atoms with Crippen molar-refractivity contribution < 1.29 is 9.15 Å². The highest BCUT2D eigenvalue weighted by atomic mass is 16.5. The van der Waals surface area contributed by atoms with Crippen molar-refractivity contribution in [3.05, 3.63) is 24.6 Å². The molecule has 1 fully saturated rings. The Labute approximate surface area is 93.6 Å². The first-order valence-corrected chi connectivity index (χ1v) is 5.62. The number of ether oxygens (including phenoxy) is 1. The number of fused-ring (bicyclic) bond motifs is 1. The molecule has 1 atom stereocenters. The highest BCUT2D eigenvalue weighted by Gasteiger charge is 2.15. The molecule has 0 bridgehead atoms. The number of hydrogen-bond acceptors (Lipinski definition) is 4. The first-order chi connectivity index (χ1) is 7.93. The zero-order chi connectivity index (χ0) is 10.8. The van der Waals surface area contributed by atoms with Gasteiger partial charge in [0, 0.05) is 12.2 Å². The minimum atomic E-state index is 0.462. The van der Waals surface area contributed by atoms with Crippen LogP contribution in [0.5, 0.6) is 5.88 Å². The van der Waals surface area contributed by atoms with E-state index in [0.717, 1.165) is 17.5 Å². The van der Waals surface area contributed by atoms with Crippen LogP contribution in [0.4, 0.5) is 0 Å². The molecule has 0 spiro atoms. The van der Waals surface area contributed by atoms with Crippen LogP contribution in [0.1, 0.15) is 12.8 Å². The zero-order valence-corrected chi connectivity index (χ0v) is 8.98. The molecule has 0 saturated carbocycles. The number of hydrogen-bond donors (Lipinski definition) is 1. The zero-order valence-electron chi connectivity index (χ0n) is 8.98. The number of pyridine rings is 1. The molecule has 1 aliphatic heterocycles. The van der Waals surface area contributed by atoms with Gasteiger partial charge in [0.2, 0.25) is 5.88 Å². The Bertz CT molecular complexity index is 475. The van der Waals surface area contributed by atoms with Crippen LogP contribution < -0.4 is 10.1 Å². The molecule has 1 aliphatic rings. The third kappa shape index (κ3) is 1.76. The molecule has 2 aromatic heterocycles. The SMILES string of the molecule is c1cc2occc2c(OCC2CCCN2)n1. The highest BCUT2D eigenvalue weighted by Crippen LogP contribution is 2.24. The van der Waals surface area contributed by atoms with Crippen LogP contribution in [0, 0.1) is 0 Å². The van der Waals surface area contributed by atoms with Gasteiger partial charge in [-0.05, 0) is 31.5 Å². The third-order valence-electron chi connectivity index (χ3n) is 2.93. The monoisotopic (exact) mass is 218 g/mol. The fourth-order valence-electron chi connectivity index (χ4n) is 2.06. The second-order valence-corrected chi connectivity index (χ2v) is 4.05. The Morgan fingerprint density at radius 1 is 1.50 bits per heavy atom. The van der Waals surface area contributed by atoms with E-state index in [9.17, 15) is 0 Å². The minimum Gasteiger partial charge on any atom is -0.475 e. The number of nitrogens with one attached hydrogen (secondary N) is 1. The normalized spacial score (nSPS) is 20.4. The Balaban J connectivity index is 1.75. The molecule has 1 N–H and O–H groups in total. The molecule has 0 aromatic carbocycles. The van der Waals surface area contributed by atoms with Crippen LogP contribution in [0.15, 0.2) is 29.0 Å². The average Bonchev–Trinajstić information content (AvgIpc) is 2.97. The standard InChI is InChI=1S/C12H14N2O2/c1-2-9(13-5-1)8-16-12-10-4-7-15-11(10)3-6-14-12/h3-4,6-7,9,13H,1-2,5,8H2. The maximum absolute atomic E-state index is 5.73. The summed E-state index contributed by atoms with van der Waals surface area (Å²) < 4.78 is 11.0. The van der Waals surface area contributed by atoms with Crippen LogP contribution in [0.3, 0.4) is 0 Å². The lowest BCUT2D eigenvalue weighted by Gasteiger charge is -2.11. The van der Waals surface area contributed by atoms with Gasteiger partial charge in [-0.3, -0.25) is 0 Å². The van der Waals surface area contributed by atoms with Gasteiger partial charge in [0.25, 0.3) is 0 Å². The fourth-order valence-corrected chi connectivity index (χ4v) is 2.06. The van der Waals surface area contributed by atoms with E-state index in [4.69, 9.17) is 9.15 Å². The van der Waals surface area contributed by atoms with Gasteiger partial charge < -0.3 is 14.5 Å². The van der Waals surface area contributed by atoms with Crippen molar-refractivity contribution in [1.82, 2.24) is 10.3 Å². The van der Waals surface area contributed by atoms with Crippen molar-refractivity contribution in [1.29, 1.82) is 0 Å².